The summed E-state index contributed by atoms with van der Waals surface area (Å²) in [6.45, 7) is -0.0348. The lowest BCUT2D eigenvalue weighted by atomic mass is 10.2. The van der Waals surface area contributed by atoms with Crippen molar-refractivity contribution in [3.8, 4) is 0 Å². The molecular formula is C13H8ClF3N2O2. The Bertz CT molecular complexity index is 687. The average Bonchev–Trinajstić information content (AvgIpc) is 2.43. The van der Waals surface area contributed by atoms with Gasteiger partial charge in [-0.3, -0.25) is 10.1 Å². The first-order chi connectivity index (χ1) is 9.88. The minimum atomic E-state index is -1.54. The first kappa shape index (κ1) is 15.1. The van der Waals surface area contributed by atoms with Crippen molar-refractivity contribution in [2.45, 2.75) is 6.54 Å². The van der Waals surface area contributed by atoms with Gasteiger partial charge in [-0.25, -0.2) is 13.2 Å². The van der Waals surface area contributed by atoms with E-state index in [4.69, 9.17) is 11.6 Å². The third kappa shape index (κ3) is 3.43. The number of nitro benzene ring substituents is 1. The molecule has 1 N–H and O–H groups in total. The molecule has 2 aromatic carbocycles. The lowest BCUT2D eigenvalue weighted by Crippen LogP contribution is -2.03. The van der Waals surface area contributed by atoms with Crippen LogP contribution in [-0.2, 0) is 6.54 Å². The zero-order valence-corrected chi connectivity index (χ0v) is 11.1. The quantitative estimate of drug-likeness (QED) is 0.520. The van der Waals surface area contributed by atoms with E-state index in [1.54, 1.807) is 0 Å². The molecule has 0 radical (unpaired) electrons. The van der Waals surface area contributed by atoms with E-state index in [1.807, 2.05) is 0 Å². The number of hydrogen-bond acceptors (Lipinski definition) is 3. The maximum Gasteiger partial charge on any atom is 0.289 e. The van der Waals surface area contributed by atoms with Crippen LogP contribution in [0, 0.1) is 27.6 Å². The van der Waals surface area contributed by atoms with Gasteiger partial charge in [0.05, 0.1) is 4.92 Å². The van der Waals surface area contributed by atoms with Gasteiger partial charge in [0.25, 0.3) is 5.69 Å². The monoisotopic (exact) mass is 316 g/mol. The molecule has 0 amide bonds. The van der Waals surface area contributed by atoms with Crippen LogP contribution in [-0.4, -0.2) is 4.92 Å². The van der Waals surface area contributed by atoms with Crippen LogP contribution in [0.5, 0.6) is 0 Å². The molecule has 110 valence electrons. The van der Waals surface area contributed by atoms with Crippen molar-refractivity contribution in [3.63, 3.8) is 0 Å². The van der Waals surface area contributed by atoms with Crippen molar-refractivity contribution in [2.75, 3.05) is 5.32 Å². The summed E-state index contributed by atoms with van der Waals surface area (Å²) in [5, 5.41) is 13.4. The Morgan fingerprint density at radius 1 is 1.14 bits per heavy atom. The second-order valence-corrected chi connectivity index (χ2v) is 4.56. The highest BCUT2D eigenvalue weighted by molar-refractivity contribution is 6.32. The van der Waals surface area contributed by atoms with Crippen LogP contribution in [0.25, 0.3) is 0 Å². The topological polar surface area (TPSA) is 55.2 Å². The van der Waals surface area contributed by atoms with E-state index in [-0.39, 0.29) is 22.8 Å². The average molecular weight is 317 g/mol. The number of anilines is 1. The molecule has 0 saturated heterocycles. The number of hydrogen-bond donors (Lipinski definition) is 1. The molecule has 0 aromatic heterocycles. The van der Waals surface area contributed by atoms with E-state index in [2.05, 4.69) is 5.32 Å². The SMILES string of the molecule is O=[N+]([O-])c1cc(NCc2cc(F)c(F)c(F)c2)ccc1Cl. The third-order valence-electron chi connectivity index (χ3n) is 2.68. The van der Waals surface area contributed by atoms with Crippen molar-refractivity contribution in [1.29, 1.82) is 0 Å². The van der Waals surface area contributed by atoms with E-state index < -0.39 is 22.4 Å². The van der Waals surface area contributed by atoms with Crippen LogP contribution < -0.4 is 5.32 Å². The highest BCUT2D eigenvalue weighted by Crippen LogP contribution is 2.27. The number of rotatable bonds is 4. The molecule has 0 aliphatic rings. The summed E-state index contributed by atoms with van der Waals surface area (Å²) in [5.41, 5.74) is 0.207. The lowest BCUT2D eigenvalue weighted by molar-refractivity contribution is -0.384. The zero-order chi connectivity index (χ0) is 15.6. The maximum atomic E-state index is 13.0. The van der Waals surface area contributed by atoms with Crippen LogP contribution in [0.3, 0.4) is 0 Å². The molecule has 2 aromatic rings. The van der Waals surface area contributed by atoms with Gasteiger partial charge in [-0.1, -0.05) is 11.6 Å². The van der Waals surface area contributed by atoms with Gasteiger partial charge in [-0.15, -0.1) is 0 Å². The second kappa shape index (κ2) is 6.01. The Morgan fingerprint density at radius 3 is 2.33 bits per heavy atom. The van der Waals surface area contributed by atoms with Gasteiger partial charge in [0, 0.05) is 18.3 Å². The number of halogens is 4. The van der Waals surface area contributed by atoms with Crippen LogP contribution in [0.15, 0.2) is 30.3 Å². The minimum Gasteiger partial charge on any atom is -0.381 e. The van der Waals surface area contributed by atoms with Gasteiger partial charge < -0.3 is 5.32 Å². The Morgan fingerprint density at radius 2 is 1.76 bits per heavy atom. The molecule has 4 nitrogen and oxygen atoms in total. The molecule has 0 saturated carbocycles. The van der Waals surface area contributed by atoms with Crippen molar-refractivity contribution in [2.24, 2.45) is 0 Å². The molecule has 0 unspecified atom stereocenters. The van der Waals surface area contributed by atoms with E-state index in [0.717, 1.165) is 12.1 Å². The molecule has 21 heavy (non-hydrogen) atoms. The maximum absolute atomic E-state index is 13.0. The third-order valence-corrected chi connectivity index (χ3v) is 3.00. The Balaban J connectivity index is 2.17. The molecule has 0 spiro atoms. The van der Waals surface area contributed by atoms with Gasteiger partial charge in [-0.2, -0.15) is 0 Å². The normalized spacial score (nSPS) is 10.5. The van der Waals surface area contributed by atoms with E-state index in [1.165, 1.54) is 18.2 Å². The molecule has 0 atom stereocenters. The minimum absolute atomic E-state index is 0.0237. The number of benzene rings is 2. The van der Waals surface area contributed by atoms with E-state index >= 15 is 0 Å². The Hall–Kier alpha value is -2.28. The van der Waals surface area contributed by atoms with Gasteiger partial charge in [-0.05, 0) is 29.8 Å². The molecule has 8 heteroatoms. The first-order valence-electron chi connectivity index (χ1n) is 5.69. The molecule has 2 rings (SSSR count). The van der Waals surface area contributed by atoms with Gasteiger partial charge in [0.1, 0.15) is 5.02 Å². The number of nitrogens with one attached hydrogen (secondary N) is 1. The molecule has 0 heterocycles. The number of nitrogens with zero attached hydrogens (tertiary/aromatic N) is 1. The summed E-state index contributed by atoms with van der Waals surface area (Å²) < 4.78 is 38.9. The summed E-state index contributed by atoms with van der Waals surface area (Å²) in [7, 11) is 0. The highest BCUT2D eigenvalue weighted by atomic mass is 35.5. The Labute approximate surface area is 122 Å². The molecular weight excluding hydrogens is 309 g/mol. The molecule has 0 bridgehead atoms. The van der Waals surface area contributed by atoms with Crippen LogP contribution in [0.2, 0.25) is 5.02 Å². The van der Waals surface area contributed by atoms with Gasteiger partial charge in [0.15, 0.2) is 17.5 Å². The van der Waals surface area contributed by atoms with Crippen LogP contribution >= 0.6 is 11.6 Å². The summed E-state index contributed by atoms with van der Waals surface area (Å²) in [6.07, 6.45) is 0. The molecule has 0 aliphatic carbocycles. The van der Waals surface area contributed by atoms with Crippen molar-refractivity contribution < 1.29 is 18.1 Å². The highest BCUT2D eigenvalue weighted by Gasteiger charge is 2.13. The van der Waals surface area contributed by atoms with Crippen molar-refractivity contribution >= 4 is 23.0 Å². The fourth-order valence-electron chi connectivity index (χ4n) is 1.68. The molecule has 0 aliphatic heterocycles. The molecule has 0 fully saturated rings. The van der Waals surface area contributed by atoms with E-state index in [9.17, 15) is 23.3 Å². The van der Waals surface area contributed by atoms with Gasteiger partial charge >= 0.3 is 0 Å². The second-order valence-electron chi connectivity index (χ2n) is 4.15. The predicted octanol–water partition coefficient (Wildman–Crippen LogP) is 4.28. The van der Waals surface area contributed by atoms with Crippen molar-refractivity contribution in [3.05, 3.63) is 68.5 Å². The fraction of sp³-hybridized carbons (Fsp3) is 0.0769. The van der Waals surface area contributed by atoms with Crippen molar-refractivity contribution in [1.82, 2.24) is 0 Å². The van der Waals surface area contributed by atoms with Crippen LogP contribution in [0.1, 0.15) is 5.56 Å². The smallest absolute Gasteiger partial charge is 0.289 e. The summed E-state index contributed by atoms with van der Waals surface area (Å²) in [4.78, 5) is 10.1. The Kier molecular flexibility index (Phi) is 4.32. The van der Waals surface area contributed by atoms with Gasteiger partial charge in [0.2, 0.25) is 0 Å². The summed E-state index contributed by atoms with van der Waals surface area (Å²) >= 11 is 5.66. The first-order valence-corrected chi connectivity index (χ1v) is 6.07. The van der Waals surface area contributed by atoms with Crippen LogP contribution in [0.4, 0.5) is 24.5 Å². The zero-order valence-electron chi connectivity index (χ0n) is 10.4. The lowest BCUT2D eigenvalue weighted by Gasteiger charge is -2.08. The van der Waals surface area contributed by atoms with E-state index in [0.29, 0.717) is 5.69 Å². The predicted molar refractivity (Wildman–Crippen MR) is 71.7 cm³/mol. The fourth-order valence-corrected chi connectivity index (χ4v) is 1.86. The summed E-state index contributed by atoms with van der Waals surface area (Å²) in [6, 6.07) is 5.68. The standard InChI is InChI=1S/C13H8ClF3N2O2/c14-9-2-1-8(5-12(9)19(20)21)18-6-7-3-10(15)13(17)11(16)4-7/h1-5,18H,6H2. The summed E-state index contributed by atoms with van der Waals surface area (Å²) in [5.74, 6) is -4.14. The number of nitro groups is 1. The largest absolute Gasteiger partial charge is 0.381 e.